The predicted octanol–water partition coefficient (Wildman–Crippen LogP) is -0.00400. The Morgan fingerprint density at radius 3 is 2.56 bits per heavy atom. The molecule has 0 saturated heterocycles. The quantitative estimate of drug-likeness (QED) is 0.705. The Bertz CT molecular complexity index is 769. The normalized spacial score (nSPS) is 22.6. The third-order valence-electron chi connectivity index (χ3n) is 4.65. The number of hydrogen-bond acceptors (Lipinski definition) is 3. The largest absolute Gasteiger partial charge is 1.00 e. The van der Waals surface area contributed by atoms with E-state index >= 15 is 0 Å². The van der Waals surface area contributed by atoms with Crippen LogP contribution < -0.4 is 17.0 Å². The van der Waals surface area contributed by atoms with E-state index in [4.69, 9.17) is 0 Å². The van der Waals surface area contributed by atoms with Gasteiger partial charge >= 0.3 is 5.17 Å². The molecular formula is C19H20BrFN2OS. The van der Waals surface area contributed by atoms with Gasteiger partial charge in [-0.1, -0.05) is 30.3 Å². The van der Waals surface area contributed by atoms with Gasteiger partial charge in [0, 0.05) is 11.3 Å². The molecule has 0 radical (unpaired) electrons. The molecule has 6 heteroatoms. The first kappa shape index (κ1) is 18.4. The molecule has 1 N–H and O–H groups in total. The molecule has 2 aliphatic rings. The Hall–Kier alpha value is -1.37. The van der Waals surface area contributed by atoms with Crippen molar-refractivity contribution in [1.82, 2.24) is 4.90 Å². The molecule has 0 aromatic heterocycles. The second kappa shape index (κ2) is 7.48. The fourth-order valence-electron chi connectivity index (χ4n) is 3.44. The summed E-state index contributed by atoms with van der Waals surface area (Å²) >= 11 is 1.80. The SMILES string of the molecule is OC1(c2ccc(F)cc2)C[N+]2=C(SCCC2)N1Cc1ccccc1.[Br-]. The van der Waals surface area contributed by atoms with E-state index in [0.717, 1.165) is 35.0 Å². The summed E-state index contributed by atoms with van der Waals surface area (Å²) in [5.41, 5.74) is 0.761. The Morgan fingerprint density at radius 2 is 1.84 bits per heavy atom. The Kier molecular flexibility index (Phi) is 5.51. The molecule has 25 heavy (non-hydrogen) atoms. The van der Waals surface area contributed by atoms with Crippen LogP contribution in [0.4, 0.5) is 4.39 Å². The van der Waals surface area contributed by atoms with E-state index < -0.39 is 5.72 Å². The third-order valence-corrected chi connectivity index (χ3v) is 5.88. The second-order valence-electron chi connectivity index (χ2n) is 6.30. The van der Waals surface area contributed by atoms with Crippen LogP contribution >= 0.6 is 11.8 Å². The molecule has 2 aromatic carbocycles. The van der Waals surface area contributed by atoms with E-state index in [9.17, 15) is 9.50 Å². The van der Waals surface area contributed by atoms with Gasteiger partial charge in [0.1, 0.15) is 12.4 Å². The van der Waals surface area contributed by atoms with Gasteiger partial charge in [0.15, 0.2) is 6.54 Å². The molecule has 2 aromatic rings. The highest BCUT2D eigenvalue weighted by Crippen LogP contribution is 2.37. The van der Waals surface area contributed by atoms with Crippen LogP contribution in [0.15, 0.2) is 54.6 Å². The molecule has 1 unspecified atom stereocenters. The van der Waals surface area contributed by atoms with Crippen molar-refractivity contribution >= 4 is 16.9 Å². The van der Waals surface area contributed by atoms with Crippen LogP contribution in [-0.4, -0.2) is 38.6 Å². The fraction of sp³-hybridized carbons (Fsp3) is 0.316. The highest BCUT2D eigenvalue weighted by molar-refractivity contribution is 8.13. The predicted molar refractivity (Wildman–Crippen MR) is 94.4 cm³/mol. The number of amidine groups is 1. The second-order valence-corrected chi connectivity index (χ2v) is 7.36. The molecule has 4 rings (SSSR count). The average molecular weight is 423 g/mol. The molecule has 3 nitrogen and oxygen atoms in total. The van der Waals surface area contributed by atoms with Gasteiger partial charge in [-0.05, 0) is 48.0 Å². The summed E-state index contributed by atoms with van der Waals surface area (Å²) in [6, 6.07) is 16.4. The molecular weight excluding hydrogens is 403 g/mol. The first-order valence-electron chi connectivity index (χ1n) is 8.21. The van der Waals surface area contributed by atoms with Crippen molar-refractivity contribution in [2.24, 2.45) is 0 Å². The van der Waals surface area contributed by atoms with Crippen molar-refractivity contribution in [3.8, 4) is 0 Å². The number of hydrogen-bond donors (Lipinski definition) is 1. The van der Waals surface area contributed by atoms with Gasteiger partial charge in [-0.25, -0.2) is 13.9 Å². The Morgan fingerprint density at radius 1 is 1.12 bits per heavy atom. The maximum atomic E-state index is 13.3. The lowest BCUT2D eigenvalue weighted by Crippen LogP contribution is -3.00. The van der Waals surface area contributed by atoms with Gasteiger partial charge in [0.05, 0.1) is 6.54 Å². The highest BCUT2D eigenvalue weighted by atomic mass is 79.9. The Balaban J connectivity index is 0.00000182. The molecule has 0 aliphatic carbocycles. The molecule has 2 heterocycles. The van der Waals surface area contributed by atoms with Crippen molar-refractivity contribution in [1.29, 1.82) is 0 Å². The maximum absolute atomic E-state index is 13.3. The number of rotatable bonds is 3. The lowest BCUT2D eigenvalue weighted by molar-refractivity contribution is -0.532. The zero-order valence-electron chi connectivity index (χ0n) is 13.7. The van der Waals surface area contributed by atoms with E-state index in [1.54, 1.807) is 23.9 Å². The van der Waals surface area contributed by atoms with Crippen molar-refractivity contribution in [2.45, 2.75) is 18.7 Å². The summed E-state index contributed by atoms with van der Waals surface area (Å²) in [6.45, 7) is 2.11. The molecule has 0 bridgehead atoms. The summed E-state index contributed by atoms with van der Waals surface area (Å²) in [4.78, 5) is 2.07. The van der Waals surface area contributed by atoms with Crippen molar-refractivity contribution in [2.75, 3.05) is 18.8 Å². The van der Waals surface area contributed by atoms with Gasteiger partial charge in [-0.2, -0.15) is 0 Å². The van der Waals surface area contributed by atoms with E-state index in [-0.39, 0.29) is 22.8 Å². The van der Waals surface area contributed by atoms with Gasteiger partial charge in [-0.3, -0.25) is 0 Å². The monoisotopic (exact) mass is 422 g/mol. The number of halogens is 2. The van der Waals surface area contributed by atoms with Crippen LogP contribution in [0.25, 0.3) is 0 Å². The van der Waals surface area contributed by atoms with Crippen LogP contribution in [0.3, 0.4) is 0 Å². The summed E-state index contributed by atoms with van der Waals surface area (Å²) < 4.78 is 15.6. The molecule has 0 saturated carbocycles. The van der Waals surface area contributed by atoms with Crippen LogP contribution in [0, 0.1) is 5.82 Å². The first-order chi connectivity index (χ1) is 11.7. The van der Waals surface area contributed by atoms with E-state index in [1.165, 1.54) is 12.1 Å². The zero-order valence-corrected chi connectivity index (χ0v) is 16.1. The summed E-state index contributed by atoms with van der Waals surface area (Å²) in [5.74, 6) is 0.783. The van der Waals surface area contributed by atoms with E-state index in [0.29, 0.717) is 13.1 Å². The third kappa shape index (κ3) is 3.48. The van der Waals surface area contributed by atoms with Crippen molar-refractivity contribution in [3.05, 3.63) is 71.5 Å². The smallest absolute Gasteiger partial charge is 0.311 e. The van der Waals surface area contributed by atoms with Crippen LogP contribution in [0.5, 0.6) is 0 Å². The minimum atomic E-state index is -1.13. The molecule has 0 spiro atoms. The number of nitrogens with zero attached hydrogens (tertiary/aromatic N) is 2. The molecule has 2 aliphatic heterocycles. The minimum absolute atomic E-state index is 0. The van der Waals surface area contributed by atoms with E-state index in [1.807, 2.05) is 18.2 Å². The average Bonchev–Trinajstić information content (AvgIpc) is 2.90. The van der Waals surface area contributed by atoms with Crippen molar-refractivity contribution < 1.29 is 31.1 Å². The number of thioether (sulfide) groups is 1. The lowest BCUT2D eigenvalue weighted by atomic mass is 10.0. The first-order valence-corrected chi connectivity index (χ1v) is 9.20. The minimum Gasteiger partial charge on any atom is -1.00 e. The number of benzene rings is 2. The van der Waals surface area contributed by atoms with Crippen LogP contribution in [0.1, 0.15) is 17.5 Å². The molecule has 132 valence electrons. The van der Waals surface area contributed by atoms with Gasteiger partial charge in [-0.15, -0.1) is 0 Å². The van der Waals surface area contributed by atoms with Gasteiger partial charge < -0.3 is 22.1 Å². The fourth-order valence-corrected chi connectivity index (χ4v) is 4.61. The van der Waals surface area contributed by atoms with Crippen LogP contribution in [0.2, 0.25) is 0 Å². The standard InChI is InChI=1S/C19H20FN2OS.BrH/c20-17-9-7-16(8-10-17)19(23)14-21-11-4-12-24-18(21)22(19)13-15-5-2-1-3-6-15;/h1-3,5-10,23H,4,11-14H2;1H/q+1;/p-1. The van der Waals surface area contributed by atoms with Gasteiger partial charge in [0.2, 0.25) is 0 Å². The molecule has 1 atom stereocenters. The maximum Gasteiger partial charge on any atom is 0.311 e. The van der Waals surface area contributed by atoms with Crippen molar-refractivity contribution in [3.63, 3.8) is 0 Å². The molecule has 0 amide bonds. The summed E-state index contributed by atoms with van der Waals surface area (Å²) in [7, 11) is 0. The topological polar surface area (TPSA) is 26.5 Å². The molecule has 0 fully saturated rings. The lowest BCUT2D eigenvalue weighted by Gasteiger charge is -2.28. The van der Waals surface area contributed by atoms with Gasteiger partial charge in [0.25, 0.3) is 5.72 Å². The summed E-state index contributed by atoms with van der Waals surface area (Å²) in [6.07, 6.45) is 1.12. The zero-order chi connectivity index (χ0) is 16.6. The Labute approximate surface area is 161 Å². The number of aliphatic hydroxyl groups is 1. The van der Waals surface area contributed by atoms with Crippen LogP contribution in [-0.2, 0) is 12.3 Å². The highest BCUT2D eigenvalue weighted by Gasteiger charge is 2.53. The summed E-state index contributed by atoms with van der Waals surface area (Å²) in [5, 5.41) is 12.7. The van der Waals surface area contributed by atoms with E-state index in [2.05, 4.69) is 21.6 Å².